The van der Waals surface area contributed by atoms with E-state index in [0.29, 0.717) is 23.9 Å². The molecule has 1 aromatic carbocycles. The van der Waals surface area contributed by atoms with Crippen LogP contribution in [0.25, 0.3) is 0 Å². The normalized spacial score (nSPS) is 22.7. The first-order chi connectivity index (χ1) is 10.1. The zero-order valence-corrected chi connectivity index (χ0v) is 12.9. The molecule has 21 heavy (non-hydrogen) atoms. The van der Waals surface area contributed by atoms with Gasteiger partial charge in [-0.05, 0) is 49.9 Å². The highest BCUT2D eigenvalue weighted by molar-refractivity contribution is 5.38. The van der Waals surface area contributed by atoms with Crippen LogP contribution in [0, 0.1) is 23.6 Å². The van der Waals surface area contributed by atoms with Crippen LogP contribution in [0.3, 0.4) is 0 Å². The fraction of sp³-hybridized carbons (Fsp3) is 0.556. The van der Waals surface area contributed by atoms with Crippen molar-refractivity contribution < 1.29 is 9.50 Å². The van der Waals surface area contributed by atoms with Crippen LogP contribution in [-0.4, -0.2) is 29.2 Å². The van der Waals surface area contributed by atoms with E-state index in [1.165, 1.54) is 18.9 Å². The fourth-order valence-corrected chi connectivity index (χ4v) is 2.86. The maximum absolute atomic E-state index is 13.7. The van der Waals surface area contributed by atoms with E-state index in [0.717, 1.165) is 18.7 Å². The molecule has 1 heterocycles. The van der Waals surface area contributed by atoms with Gasteiger partial charge in [-0.25, -0.2) is 4.39 Å². The van der Waals surface area contributed by atoms with Gasteiger partial charge in [0.15, 0.2) is 0 Å². The second-order valence-electron chi connectivity index (χ2n) is 5.92. The molecule has 0 aliphatic carbocycles. The highest BCUT2D eigenvalue weighted by Gasteiger charge is 2.24. The minimum absolute atomic E-state index is 0.0114. The number of rotatable bonds is 3. The van der Waals surface area contributed by atoms with Crippen LogP contribution in [0.15, 0.2) is 18.2 Å². The van der Waals surface area contributed by atoms with Gasteiger partial charge < -0.3 is 5.11 Å². The summed E-state index contributed by atoms with van der Waals surface area (Å²) >= 11 is 0. The minimum Gasteiger partial charge on any atom is -0.395 e. The lowest BCUT2D eigenvalue weighted by atomic mass is 9.91. The molecule has 0 aromatic heterocycles. The summed E-state index contributed by atoms with van der Waals surface area (Å²) in [4.78, 5) is 2.46. The summed E-state index contributed by atoms with van der Waals surface area (Å²) in [5.41, 5.74) is 1.53. The fourth-order valence-electron chi connectivity index (χ4n) is 2.86. The highest BCUT2D eigenvalue weighted by atomic mass is 19.1. The Morgan fingerprint density at radius 3 is 2.95 bits per heavy atom. The van der Waals surface area contributed by atoms with E-state index in [9.17, 15) is 4.39 Å². The van der Waals surface area contributed by atoms with Gasteiger partial charge in [-0.2, -0.15) is 0 Å². The second-order valence-corrected chi connectivity index (χ2v) is 5.92. The molecule has 2 unspecified atom stereocenters. The van der Waals surface area contributed by atoms with Crippen LogP contribution >= 0.6 is 0 Å². The molecule has 0 bridgehead atoms. The third-order valence-electron chi connectivity index (χ3n) is 4.38. The molecule has 2 rings (SSSR count). The van der Waals surface area contributed by atoms with Crippen LogP contribution < -0.4 is 0 Å². The molecular weight excluding hydrogens is 265 g/mol. The van der Waals surface area contributed by atoms with Crippen molar-refractivity contribution in [3.63, 3.8) is 0 Å². The van der Waals surface area contributed by atoms with Crippen LogP contribution in [0.4, 0.5) is 4.39 Å². The molecule has 1 N–H and O–H groups in total. The first kappa shape index (κ1) is 16.0. The smallest absolute Gasteiger partial charge is 0.138 e. The quantitative estimate of drug-likeness (QED) is 0.864. The van der Waals surface area contributed by atoms with Crippen LogP contribution in [0.1, 0.15) is 44.2 Å². The van der Waals surface area contributed by atoms with E-state index >= 15 is 0 Å². The average Bonchev–Trinajstić information content (AvgIpc) is 2.47. The van der Waals surface area contributed by atoms with Crippen LogP contribution in [0.2, 0.25) is 0 Å². The lowest BCUT2D eigenvalue weighted by Gasteiger charge is -2.38. The zero-order chi connectivity index (χ0) is 15.2. The molecule has 1 fully saturated rings. The lowest BCUT2D eigenvalue weighted by Crippen LogP contribution is -2.41. The van der Waals surface area contributed by atoms with Crippen molar-refractivity contribution in [1.29, 1.82) is 0 Å². The Morgan fingerprint density at radius 1 is 1.38 bits per heavy atom. The number of piperidine rings is 1. The third kappa shape index (κ3) is 4.30. The summed E-state index contributed by atoms with van der Waals surface area (Å²) in [6.07, 6.45) is 2.90. The predicted octanol–water partition coefficient (Wildman–Crippen LogP) is 3.18. The second kappa shape index (κ2) is 7.59. The van der Waals surface area contributed by atoms with Gasteiger partial charge in [0.05, 0.1) is 12.2 Å². The Balaban J connectivity index is 2.10. The van der Waals surface area contributed by atoms with E-state index in [2.05, 4.69) is 30.6 Å². The molecule has 1 aromatic rings. The SMILES string of the molecule is CC1CCCN(Cc2ccc(F)c(C#CCCO)c2)C1C. The number of likely N-dealkylation sites (tertiary alicyclic amines) is 1. The van der Waals surface area contributed by atoms with Gasteiger partial charge in [0.1, 0.15) is 5.82 Å². The topological polar surface area (TPSA) is 23.5 Å². The van der Waals surface area contributed by atoms with Crippen LogP contribution in [-0.2, 0) is 6.54 Å². The van der Waals surface area contributed by atoms with E-state index < -0.39 is 0 Å². The number of aliphatic hydroxyl groups is 1. The largest absolute Gasteiger partial charge is 0.395 e. The van der Waals surface area contributed by atoms with E-state index in [1.54, 1.807) is 0 Å². The molecule has 3 heteroatoms. The third-order valence-corrected chi connectivity index (χ3v) is 4.38. The Hall–Kier alpha value is -1.37. The van der Waals surface area contributed by atoms with Gasteiger partial charge >= 0.3 is 0 Å². The maximum Gasteiger partial charge on any atom is 0.138 e. The van der Waals surface area contributed by atoms with Gasteiger partial charge in [-0.3, -0.25) is 4.90 Å². The summed E-state index contributed by atoms with van der Waals surface area (Å²) in [6.45, 7) is 6.54. The van der Waals surface area contributed by atoms with Crippen molar-refractivity contribution in [2.45, 2.75) is 45.7 Å². The Labute approximate surface area is 127 Å². The van der Waals surface area contributed by atoms with Crippen molar-refractivity contribution >= 4 is 0 Å². The van der Waals surface area contributed by atoms with Gasteiger partial charge in [-0.15, -0.1) is 0 Å². The minimum atomic E-state index is -0.288. The van der Waals surface area contributed by atoms with E-state index in [4.69, 9.17) is 5.11 Å². The Morgan fingerprint density at radius 2 is 2.19 bits per heavy atom. The van der Waals surface area contributed by atoms with Gasteiger partial charge in [-0.1, -0.05) is 24.8 Å². The average molecular weight is 289 g/mol. The molecule has 114 valence electrons. The number of nitrogens with zero attached hydrogens (tertiary/aromatic N) is 1. The molecule has 1 aliphatic heterocycles. The van der Waals surface area contributed by atoms with E-state index in [-0.39, 0.29) is 12.4 Å². The first-order valence-corrected chi connectivity index (χ1v) is 7.74. The van der Waals surface area contributed by atoms with Crippen molar-refractivity contribution in [1.82, 2.24) is 4.90 Å². The molecule has 0 radical (unpaired) electrons. The molecule has 2 atom stereocenters. The summed E-state index contributed by atoms with van der Waals surface area (Å²) in [6, 6.07) is 5.74. The molecular formula is C18H24FNO. The summed E-state index contributed by atoms with van der Waals surface area (Å²) in [5.74, 6) is 6.02. The standard InChI is InChI=1S/C18H24FNO/c1-14-6-5-10-20(15(14)2)13-16-8-9-18(19)17(12-16)7-3-4-11-21/h8-9,12,14-15,21H,4-6,10-11,13H2,1-2H3. The molecule has 0 spiro atoms. The maximum atomic E-state index is 13.7. The molecule has 2 nitrogen and oxygen atoms in total. The van der Waals surface area contributed by atoms with E-state index in [1.807, 2.05) is 12.1 Å². The van der Waals surface area contributed by atoms with Gasteiger partial charge in [0, 0.05) is 19.0 Å². The number of aliphatic hydroxyl groups excluding tert-OH is 1. The Bertz CT molecular complexity index is 532. The highest BCUT2D eigenvalue weighted by Crippen LogP contribution is 2.24. The zero-order valence-electron chi connectivity index (χ0n) is 12.9. The summed E-state index contributed by atoms with van der Waals surface area (Å²) < 4.78 is 13.7. The van der Waals surface area contributed by atoms with Crippen molar-refractivity contribution in [2.24, 2.45) is 5.92 Å². The monoisotopic (exact) mass is 289 g/mol. The number of benzene rings is 1. The predicted molar refractivity (Wildman–Crippen MR) is 83.3 cm³/mol. The van der Waals surface area contributed by atoms with Gasteiger partial charge in [0.25, 0.3) is 0 Å². The molecule has 0 amide bonds. The molecule has 1 saturated heterocycles. The number of hydrogen-bond donors (Lipinski definition) is 1. The lowest BCUT2D eigenvalue weighted by molar-refractivity contribution is 0.106. The first-order valence-electron chi connectivity index (χ1n) is 7.74. The summed E-state index contributed by atoms with van der Waals surface area (Å²) in [5, 5.41) is 8.74. The summed E-state index contributed by atoms with van der Waals surface area (Å²) in [7, 11) is 0. The van der Waals surface area contributed by atoms with Gasteiger partial charge in [0.2, 0.25) is 0 Å². The van der Waals surface area contributed by atoms with Crippen molar-refractivity contribution in [3.05, 3.63) is 35.1 Å². The molecule has 1 aliphatic rings. The Kier molecular flexibility index (Phi) is 5.78. The van der Waals surface area contributed by atoms with Crippen molar-refractivity contribution in [2.75, 3.05) is 13.2 Å². The molecule has 0 saturated carbocycles. The number of halogens is 1. The number of hydrogen-bond acceptors (Lipinski definition) is 2. The van der Waals surface area contributed by atoms with Crippen LogP contribution in [0.5, 0.6) is 0 Å². The van der Waals surface area contributed by atoms with Crippen molar-refractivity contribution in [3.8, 4) is 11.8 Å².